The van der Waals surface area contributed by atoms with Gasteiger partial charge in [-0.2, -0.15) is 0 Å². The Morgan fingerprint density at radius 1 is 0.885 bits per heavy atom. The van der Waals surface area contributed by atoms with Crippen molar-refractivity contribution in [1.82, 2.24) is 15.1 Å². The number of carbonyl (C=O) groups excluding carboxylic acids is 2. The summed E-state index contributed by atoms with van der Waals surface area (Å²) in [6.07, 6.45) is 0. The predicted molar refractivity (Wildman–Crippen MR) is 103 cm³/mol. The Balaban J connectivity index is 1.91. The smallest absolute Gasteiger partial charge is 0.317 e. The number of nitrogens with zero attached hydrogens (tertiary/aromatic N) is 2. The number of hydrogen-bond donors (Lipinski definition) is 1. The molecule has 6 nitrogen and oxygen atoms in total. The van der Waals surface area contributed by atoms with Crippen LogP contribution in [0.4, 0.5) is 4.79 Å². The average Bonchev–Trinajstić information content (AvgIpc) is 2.52. The van der Waals surface area contributed by atoms with Crippen LogP contribution in [0.25, 0.3) is 0 Å². The van der Waals surface area contributed by atoms with Crippen LogP contribution in [0.2, 0.25) is 0 Å². The summed E-state index contributed by atoms with van der Waals surface area (Å²) in [6.45, 7) is 14.0. The van der Waals surface area contributed by atoms with Gasteiger partial charge >= 0.3 is 6.03 Å². The molecule has 1 aliphatic rings. The van der Waals surface area contributed by atoms with Gasteiger partial charge < -0.3 is 19.9 Å². The van der Waals surface area contributed by atoms with Crippen LogP contribution in [0.1, 0.15) is 51.9 Å². The van der Waals surface area contributed by atoms with Gasteiger partial charge in [0, 0.05) is 37.3 Å². The lowest BCUT2D eigenvalue weighted by molar-refractivity contribution is 0.0661. The van der Waals surface area contributed by atoms with Crippen LogP contribution >= 0.6 is 0 Å². The molecule has 0 saturated carbocycles. The van der Waals surface area contributed by atoms with E-state index in [-0.39, 0.29) is 23.1 Å². The Bertz CT molecular complexity index is 634. The molecule has 0 radical (unpaired) electrons. The molecule has 1 aliphatic heterocycles. The predicted octanol–water partition coefficient (Wildman–Crippen LogP) is 3.13. The Kier molecular flexibility index (Phi) is 5.84. The molecule has 2 rings (SSSR count). The van der Waals surface area contributed by atoms with E-state index < -0.39 is 0 Å². The van der Waals surface area contributed by atoms with Crippen molar-refractivity contribution in [3.05, 3.63) is 29.8 Å². The molecule has 1 aromatic rings. The van der Waals surface area contributed by atoms with Crippen molar-refractivity contribution in [2.75, 3.05) is 26.2 Å². The van der Waals surface area contributed by atoms with Crippen LogP contribution in [0.3, 0.4) is 0 Å². The summed E-state index contributed by atoms with van der Waals surface area (Å²) in [5.74, 6) is 0.737. The van der Waals surface area contributed by atoms with Crippen molar-refractivity contribution in [3.8, 4) is 5.75 Å². The SMILES string of the molecule is CC(C)(C)NC(=O)N1CCN(C(=O)c2ccc(OC(C)(C)C)cc2)CC1. The number of urea groups is 1. The average molecular weight is 361 g/mol. The summed E-state index contributed by atoms with van der Waals surface area (Å²) in [4.78, 5) is 28.4. The number of rotatable bonds is 2. The summed E-state index contributed by atoms with van der Waals surface area (Å²) in [5.41, 5.74) is 0.106. The number of hydrogen-bond acceptors (Lipinski definition) is 3. The molecule has 1 fully saturated rings. The fourth-order valence-corrected chi connectivity index (χ4v) is 2.71. The molecule has 0 aromatic heterocycles. The third-order valence-corrected chi connectivity index (χ3v) is 3.86. The summed E-state index contributed by atoms with van der Waals surface area (Å²) in [6, 6.07) is 7.16. The van der Waals surface area contributed by atoms with Crippen molar-refractivity contribution in [2.24, 2.45) is 0 Å². The first-order valence-electron chi connectivity index (χ1n) is 9.10. The standard InChI is InChI=1S/C20H31N3O3/c1-19(2,3)21-18(25)23-13-11-22(12-14-23)17(24)15-7-9-16(10-8-15)26-20(4,5)6/h7-10H,11-14H2,1-6H3,(H,21,25). The summed E-state index contributed by atoms with van der Waals surface area (Å²) < 4.78 is 5.79. The van der Waals surface area contributed by atoms with Crippen LogP contribution in [-0.4, -0.2) is 59.1 Å². The van der Waals surface area contributed by atoms with Crippen molar-refractivity contribution >= 4 is 11.9 Å². The molecule has 26 heavy (non-hydrogen) atoms. The van der Waals surface area contributed by atoms with Gasteiger partial charge in [-0.05, 0) is 65.8 Å². The van der Waals surface area contributed by atoms with Crippen molar-refractivity contribution in [3.63, 3.8) is 0 Å². The molecule has 1 N–H and O–H groups in total. The summed E-state index contributed by atoms with van der Waals surface area (Å²) >= 11 is 0. The maximum atomic E-state index is 12.7. The second-order valence-corrected chi connectivity index (χ2v) is 8.70. The van der Waals surface area contributed by atoms with Crippen molar-refractivity contribution < 1.29 is 14.3 Å². The van der Waals surface area contributed by atoms with E-state index in [0.717, 1.165) is 5.75 Å². The monoisotopic (exact) mass is 361 g/mol. The molecular formula is C20H31N3O3. The highest BCUT2D eigenvalue weighted by Crippen LogP contribution is 2.19. The van der Waals surface area contributed by atoms with E-state index in [1.807, 2.05) is 53.7 Å². The first-order valence-corrected chi connectivity index (χ1v) is 9.10. The maximum Gasteiger partial charge on any atom is 0.317 e. The molecule has 0 spiro atoms. The molecule has 1 saturated heterocycles. The van der Waals surface area contributed by atoms with E-state index in [2.05, 4.69) is 5.32 Å². The topological polar surface area (TPSA) is 61.9 Å². The molecule has 3 amide bonds. The van der Waals surface area contributed by atoms with Crippen LogP contribution in [0.15, 0.2) is 24.3 Å². The second kappa shape index (κ2) is 7.56. The van der Waals surface area contributed by atoms with Crippen LogP contribution in [0, 0.1) is 0 Å². The number of amides is 3. The molecule has 1 aromatic carbocycles. The number of benzene rings is 1. The molecule has 1 heterocycles. The lowest BCUT2D eigenvalue weighted by Gasteiger charge is -2.36. The zero-order valence-corrected chi connectivity index (χ0v) is 16.8. The van der Waals surface area contributed by atoms with Crippen LogP contribution in [-0.2, 0) is 0 Å². The van der Waals surface area contributed by atoms with Crippen molar-refractivity contribution in [2.45, 2.75) is 52.7 Å². The van der Waals surface area contributed by atoms with Crippen molar-refractivity contribution in [1.29, 1.82) is 0 Å². The normalized spacial score (nSPS) is 15.6. The highest BCUT2D eigenvalue weighted by molar-refractivity contribution is 5.94. The zero-order chi connectivity index (χ0) is 19.5. The summed E-state index contributed by atoms with van der Waals surface area (Å²) in [5, 5.41) is 2.96. The first kappa shape index (κ1) is 20.1. The highest BCUT2D eigenvalue weighted by Gasteiger charge is 2.26. The Morgan fingerprint density at radius 3 is 1.85 bits per heavy atom. The van der Waals surface area contributed by atoms with E-state index in [4.69, 9.17) is 4.74 Å². The Hall–Kier alpha value is -2.24. The maximum absolute atomic E-state index is 12.7. The first-order chi connectivity index (χ1) is 11.9. The molecule has 6 heteroatoms. The lowest BCUT2D eigenvalue weighted by atomic mass is 10.1. The minimum absolute atomic E-state index is 0.0109. The highest BCUT2D eigenvalue weighted by atomic mass is 16.5. The fraction of sp³-hybridized carbons (Fsp3) is 0.600. The number of piperazine rings is 1. The summed E-state index contributed by atoms with van der Waals surface area (Å²) in [7, 11) is 0. The van der Waals surface area contributed by atoms with Gasteiger partial charge in [0.05, 0.1) is 0 Å². The van der Waals surface area contributed by atoms with E-state index in [1.54, 1.807) is 21.9 Å². The third kappa shape index (κ3) is 5.93. The molecule has 0 bridgehead atoms. The minimum Gasteiger partial charge on any atom is -0.488 e. The van der Waals surface area contributed by atoms with Gasteiger partial charge in [-0.15, -0.1) is 0 Å². The number of nitrogens with one attached hydrogen (secondary N) is 1. The van der Waals surface area contributed by atoms with Gasteiger partial charge in [-0.1, -0.05) is 0 Å². The minimum atomic E-state index is -0.268. The van der Waals surface area contributed by atoms with Crippen LogP contribution < -0.4 is 10.1 Å². The molecule has 0 unspecified atom stereocenters. The molecule has 0 atom stereocenters. The molecule has 144 valence electrons. The van der Waals surface area contributed by atoms with Gasteiger partial charge in [0.2, 0.25) is 0 Å². The zero-order valence-electron chi connectivity index (χ0n) is 16.8. The third-order valence-electron chi connectivity index (χ3n) is 3.86. The quantitative estimate of drug-likeness (QED) is 0.880. The van der Waals surface area contributed by atoms with Gasteiger partial charge in [-0.3, -0.25) is 4.79 Å². The van der Waals surface area contributed by atoms with Gasteiger partial charge in [-0.25, -0.2) is 4.79 Å². The van der Waals surface area contributed by atoms with E-state index in [1.165, 1.54) is 0 Å². The van der Waals surface area contributed by atoms with E-state index in [0.29, 0.717) is 31.7 Å². The largest absolute Gasteiger partial charge is 0.488 e. The van der Waals surface area contributed by atoms with Gasteiger partial charge in [0.15, 0.2) is 0 Å². The van der Waals surface area contributed by atoms with Gasteiger partial charge in [0.25, 0.3) is 5.91 Å². The molecule has 0 aliphatic carbocycles. The fourth-order valence-electron chi connectivity index (χ4n) is 2.71. The van der Waals surface area contributed by atoms with E-state index in [9.17, 15) is 9.59 Å². The Morgan fingerprint density at radius 2 is 1.38 bits per heavy atom. The lowest BCUT2D eigenvalue weighted by Crippen LogP contribution is -2.56. The van der Waals surface area contributed by atoms with Gasteiger partial charge in [0.1, 0.15) is 11.4 Å². The van der Waals surface area contributed by atoms with Crippen LogP contribution in [0.5, 0.6) is 5.75 Å². The molecular weight excluding hydrogens is 330 g/mol. The number of ether oxygens (including phenoxy) is 1. The Labute approximate surface area is 156 Å². The number of carbonyl (C=O) groups is 2. The second-order valence-electron chi connectivity index (χ2n) is 8.70. The van der Waals surface area contributed by atoms with E-state index >= 15 is 0 Å².